The Morgan fingerprint density at radius 1 is 1.18 bits per heavy atom. The quantitative estimate of drug-likeness (QED) is 0.673. The van der Waals surface area contributed by atoms with Crippen molar-refractivity contribution >= 4 is 5.97 Å². The van der Waals surface area contributed by atoms with Crippen molar-refractivity contribution in [1.82, 2.24) is 6.15 Å². The van der Waals surface area contributed by atoms with Crippen LogP contribution in [0.5, 0.6) is 0 Å². The van der Waals surface area contributed by atoms with Crippen molar-refractivity contribution in [2.24, 2.45) is 0 Å². The second-order valence-electron chi connectivity index (χ2n) is 1.65. The molecule has 0 atom stereocenters. The van der Waals surface area contributed by atoms with Gasteiger partial charge in [0.25, 0.3) is 0 Å². The van der Waals surface area contributed by atoms with Gasteiger partial charge in [0, 0.05) is 0 Å². The summed E-state index contributed by atoms with van der Waals surface area (Å²) in [5, 5.41) is 10.1. The third kappa shape index (κ3) is 3.86. The van der Waals surface area contributed by atoms with Crippen molar-refractivity contribution < 1.29 is 29.4 Å². The van der Waals surface area contributed by atoms with E-state index in [2.05, 4.69) is 0 Å². The summed E-state index contributed by atoms with van der Waals surface area (Å²) in [6, 6.07) is 8.06. The summed E-state index contributed by atoms with van der Waals surface area (Å²) in [7, 11) is 0. The largest absolute Gasteiger partial charge is 2.00 e. The summed E-state index contributed by atoms with van der Waals surface area (Å²) in [5.74, 6) is -1.13. The average molecular weight is 205 g/mol. The minimum absolute atomic E-state index is 0. The minimum atomic E-state index is -1.13. The van der Waals surface area contributed by atoms with E-state index < -0.39 is 5.97 Å². The number of carboxylic acid groups (broad SMARTS) is 1. The Bertz CT molecular complexity index is 213. The minimum Gasteiger partial charge on any atom is -0.545 e. The normalized spacial score (nSPS) is 7.27. The van der Waals surface area contributed by atoms with Crippen molar-refractivity contribution in [3.63, 3.8) is 0 Å². The molecule has 0 radical (unpaired) electrons. The predicted octanol–water partition coefficient (Wildman–Crippen LogP) is 0.424. The van der Waals surface area contributed by atoms with Gasteiger partial charge in [0.05, 0.1) is 5.97 Å². The Morgan fingerprint density at radius 3 is 1.91 bits per heavy atom. The number of carbonyl (C=O) groups is 1. The summed E-state index contributed by atoms with van der Waals surface area (Å²) >= 11 is 0. The second kappa shape index (κ2) is 6.01. The predicted molar refractivity (Wildman–Crippen MR) is 36.8 cm³/mol. The number of carbonyl (C=O) groups excluding carboxylic acids is 1. The fraction of sp³-hybridized carbons (Fsp3) is 0. The molecule has 0 unspecified atom stereocenters. The molecular formula is C7H9NO2Zn+2. The number of carboxylic acids is 1. The van der Waals surface area contributed by atoms with Crippen LogP contribution in [0, 0.1) is 0 Å². The molecule has 4 heteroatoms. The fourth-order valence-corrected chi connectivity index (χ4v) is 0.574. The third-order valence-electron chi connectivity index (χ3n) is 1.01. The molecule has 0 aliphatic heterocycles. The SMILES string of the molecule is O=C([O-])c1ccccc1.[NH4+].[Zn+2]. The van der Waals surface area contributed by atoms with E-state index in [-0.39, 0.29) is 31.2 Å². The van der Waals surface area contributed by atoms with E-state index in [1.807, 2.05) is 0 Å². The molecule has 1 aromatic carbocycles. The summed E-state index contributed by atoms with van der Waals surface area (Å²) < 4.78 is 0. The zero-order valence-electron chi connectivity index (χ0n) is 6.41. The van der Waals surface area contributed by atoms with E-state index >= 15 is 0 Å². The van der Waals surface area contributed by atoms with Crippen LogP contribution in [0.25, 0.3) is 0 Å². The van der Waals surface area contributed by atoms with Crippen LogP contribution < -0.4 is 11.3 Å². The van der Waals surface area contributed by atoms with E-state index in [9.17, 15) is 9.90 Å². The molecular weight excluding hydrogens is 195 g/mol. The number of hydrogen-bond donors (Lipinski definition) is 1. The van der Waals surface area contributed by atoms with Gasteiger partial charge in [0.15, 0.2) is 0 Å². The van der Waals surface area contributed by atoms with Crippen LogP contribution in [0.3, 0.4) is 0 Å². The van der Waals surface area contributed by atoms with Crippen molar-refractivity contribution in [3.8, 4) is 0 Å². The summed E-state index contributed by atoms with van der Waals surface area (Å²) in [4.78, 5) is 10.1. The Morgan fingerprint density at radius 2 is 1.64 bits per heavy atom. The molecule has 0 fully saturated rings. The Labute approximate surface area is 77.8 Å². The first-order valence-corrected chi connectivity index (χ1v) is 2.57. The molecule has 0 saturated heterocycles. The topological polar surface area (TPSA) is 76.6 Å². The van der Waals surface area contributed by atoms with Crippen LogP contribution in [-0.2, 0) is 19.5 Å². The molecule has 0 spiro atoms. The van der Waals surface area contributed by atoms with E-state index in [0.29, 0.717) is 0 Å². The van der Waals surface area contributed by atoms with E-state index in [4.69, 9.17) is 0 Å². The van der Waals surface area contributed by atoms with Gasteiger partial charge in [-0.25, -0.2) is 0 Å². The van der Waals surface area contributed by atoms with Crippen LogP contribution in [0.2, 0.25) is 0 Å². The van der Waals surface area contributed by atoms with Gasteiger partial charge in [-0.2, -0.15) is 0 Å². The summed E-state index contributed by atoms with van der Waals surface area (Å²) in [6.45, 7) is 0. The van der Waals surface area contributed by atoms with Crippen molar-refractivity contribution in [2.45, 2.75) is 0 Å². The van der Waals surface area contributed by atoms with Gasteiger partial charge >= 0.3 is 19.5 Å². The average Bonchev–Trinajstić information content (AvgIpc) is 1.90. The Hall–Kier alpha value is -0.727. The van der Waals surface area contributed by atoms with Gasteiger partial charge in [-0.15, -0.1) is 0 Å². The summed E-state index contributed by atoms with van der Waals surface area (Å²) in [5.41, 5.74) is 0.220. The maximum atomic E-state index is 10.1. The molecule has 11 heavy (non-hydrogen) atoms. The first kappa shape index (κ1) is 12.9. The van der Waals surface area contributed by atoms with Crippen molar-refractivity contribution in [2.75, 3.05) is 0 Å². The molecule has 54 valence electrons. The Kier molecular flexibility index (Phi) is 7.06. The first-order chi connectivity index (χ1) is 4.30. The van der Waals surface area contributed by atoms with Gasteiger partial charge in [0.2, 0.25) is 0 Å². The molecule has 3 nitrogen and oxygen atoms in total. The van der Waals surface area contributed by atoms with Crippen LogP contribution in [-0.4, -0.2) is 5.97 Å². The number of rotatable bonds is 1. The molecule has 1 rings (SSSR count). The van der Waals surface area contributed by atoms with Gasteiger partial charge < -0.3 is 16.1 Å². The van der Waals surface area contributed by atoms with E-state index in [0.717, 1.165) is 0 Å². The van der Waals surface area contributed by atoms with Gasteiger partial charge in [-0.3, -0.25) is 0 Å². The van der Waals surface area contributed by atoms with Crippen molar-refractivity contribution in [3.05, 3.63) is 35.9 Å². The zero-order valence-corrected chi connectivity index (χ0v) is 9.38. The van der Waals surface area contributed by atoms with Crippen LogP contribution in [0.4, 0.5) is 0 Å². The van der Waals surface area contributed by atoms with Gasteiger partial charge in [-0.05, 0) is 5.56 Å². The van der Waals surface area contributed by atoms with E-state index in [1.54, 1.807) is 18.2 Å². The standard InChI is InChI=1S/C7H6O2.H3N.Zn/c8-7(9)6-4-2-1-3-5-6;;/h1-5H,(H,8,9);1H3;/q;;+2. The number of aromatic carboxylic acids is 1. The number of benzene rings is 1. The first-order valence-electron chi connectivity index (χ1n) is 2.57. The van der Waals surface area contributed by atoms with Crippen LogP contribution in [0.1, 0.15) is 10.4 Å². The molecule has 0 aromatic heterocycles. The second-order valence-corrected chi connectivity index (χ2v) is 1.65. The van der Waals surface area contributed by atoms with Crippen LogP contribution >= 0.6 is 0 Å². The molecule has 0 saturated carbocycles. The molecule has 0 amide bonds. The molecule has 0 heterocycles. The third-order valence-corrected chi connectivity index (χ3v) is 1.01. The summed E-state index contributed by atoms with van der Waals surface area (Å²) in [6.07, 6.45) is 0. The fourth-order valence-electron chi connectivity index (χ4n) is 0.574. The van der Waals surface area contributed by atoms with Crippen molar-refractivity contribution in [1.29, 1.82) is 0 Å². The smallest absolute Gasteiger partial charge is 0.545 e. The number of hydrogen-bond acceptors (Lipinski definition) is 2. The van der Waals surface area contributed by atoms with Gasteiger partial charge in [0.1, 0.15) is 0 Å². The number of quaternary nitrogens is 1. The van der Waals surface area contributed by atoms with Crippen LogP contribution in [0.15, 0.2) is 30.3 Å². The monoisotopic (exact) mass is 203 g/mol. The maximum Gasteiger partial charge on any atom is 2.00 e. The molecule has 1 aromatic rings. The molecule has 0 bridgehead atoms. The Balaban J connectivity index is 0. The molecule has 0 aliphatic rings. The van der Waals surface area contributed by atoms with Gasteiger partial charge in [-0.1, -0.05) is 30.3 Å². The van der Waals surface area contributed by atoms with E-state index in [1.165, 1.54) is 12.1 Å². The molecule has 4 N–H and O–H groups in total. The zero-order chi connectivity index (χ0) is 6.69. The maximum absolute atomic E-state index is 10.1. The molecule has 0 aliphatic carbocycles.